The van der Waals surface area contributed by atoms with Crippen LogP contribution in [0.2, 0.25) is 0 Å². The molecule has 2 amide bonds. The molecule has 3 unspecified atom stereocenters. The van der Waals surface area contributed by atoms with Gasteiger partial charge in [0.25, 0.3) is 0 Å². The lowest BCUT2D eigenvalue weighted by Gasteiger charge is -2.28. The molecular formula is C17H20N2O2. The summed E-state index contributed by atoms with van der Waals surface area (Å²) in [5.41, 5.74) is 1.26. The third kappa shape index (κ3) is 2.01. The first-order valence-electron chi connectivity index (χ1n) is 7.76. The number of rotatable bonds is 3. The standard InChI is InChI=1S/C17H20N2O2/c1-18-16(20)13-10-19(9-11-5-3-2-4-6-11)15(12-7-8-12)14(13)17(18)21/h2-6,12-15H,7-10H2,1H3. The minimum absolute atomic E-state index is 0.0196. The van der Waals surface area contributed by atoms with Gasteiger partial charge >= 0.3 is 0 Å². The zero-order valence-corrected chi connectivity index (χ0v) is 12.2. The van der Waals surface area contributed by atoms with Gasteiger partial charge in [0, 0.05) is 26.2 Å². The van der Waals surface area contributed by atoms with Crippen LogP contribution < -0.4 is 0 Å². The van der Waals surface area contributed by atoms with Gasteiger partial charge in [-0.15, -0.1) is 0 Å². The summed E-state index contributed by atoms with van der Waals surface area (Å²) >= 11 is 0. The Morgan fingerprint density at radius 3 is 2.48 bits per heavy atom. The molecule has 2 saturated heterocycles. The van der Waals surface area contributed by atoms with Crippen LogP contribution in [-0.2, 0) is 16.1 Å². The summed E-state index contributed by atoms with van der Waals surface area (Å²) in [7, 11) is 1.63. The van der Waals surface area contributed by atoms with Crippen LogP contribution >= 0.6 is 0 Å². The molecule has 3 fully saturated rings. The molecule has 3 aliphatic rings. The lowest BCUT2D eigenvalue weighted by atomic mass is 9.90. The number of hydrogen-bond donors (Lipinski definition) is 0. The molecule has 0 bridgehead atoms. The highest BCUT2D eigenvalue weighted by Crippen LogP contribution is 2.48. The Balaban J connectivity index is 1.61. The van der Waals surface area contributed by atoms with Crippen molar-refractivity contribution < 1.29 is 9.59 Å². The quantitative estimate of drug-likeness (QED) is 0.790. The molecule has 4 nitrogen and oxygen atoms in total. The second-order valence-corrected chi connectivity index (χ2v) is 6.61. The van der Waals surface area contributed by atoms with Crippen LogP contribution in [0.1, 0.15) is 18.4 Å². The molecule has 0 radical (unpaired) electrons. The number of carbonyl (C=O) groups is 2. The van der Waals surface area contributed by atoms with E-state index in [1.54, 1.807) is 7.05 Å². The van der Waals surface area contributed by atoms with Gasteiger partial charge in [-0.2, -0.15) is 0 Å². The highest BCUT2D eigenvalue weighted by molar-refractivity contribution is 6.05. The molecule has 1 aromatic carbocycles. The molecule has 0 spiro atoms. The first-order valence-corrected chi connectivity index (χ1v) is 7.76. The number of fused-ring (bicyclic) bond motifs is 1. The summed E-state index contributed by atoms with van der Waals surface area (Å²) < 4.78 is 0. The molecule has 0 aromatic heterocycles. The normalized spacial score (nSPS) is 32.8. The molecule has 1 aliphatic carbocycles. The number of nitrogens with zero attached hydrogens (tertiary/aromatic N) is 2. The number of imide groups is 1. The van der Waals surface area contributed by atoms with Gasteiger partial charge < -0.3 is 0 Å². The summed E-state index contributed by atoms with van der Waals surface area (Å²) in [4.78, 5) is 28.4. The Morgan fingerprint density at radius 2 is 1.81 bits per heavy atom. The van der Waals surface area contributed by atoms with Crippen molar-refractivity contribution in [1.82, 2.24) is 9.80 Å². The Bertz CT molecular complexity index is 582. The van der Waals surface area contributed by atoms with Crippen molar-refractivity contribution in [3.05, 3.63) is 35.9 Å². The fraction of sp³-hybridized carbons (Fsp3) is 0.529. The smallest absolute Gasteiger partial charge is 0.234 e. The van der Waals surface area contributed by atoms with E-state index in [4.69, 9.17) is 0 Å². The van der Waals surface area contributed by atoms with E-state index in [9.17, 15) is 9.59 Å². The third-order valence-corrected chi connectivity index (χ3v) is 5.25. The van der Waals surface area contributed by atoms with Crippen LogP contribution in [0.4, 0.5) is 0 Å². The van der Waals surface area contributed by atoms with Crippen LogP contribution in [0.15, 0.2) is 30.3 Å². The second kappa shape index (κ2) is 4.67. The van der Waals surface area contributed by atoms with Gasteiger partial charge in [0.15, 0.2) is 0 Å². The largest absolute Gasteiger partial charge is 0.294 e. The molecule has 1 aromatic rings. The lowest BCUT2D eigenvalue weighted by Crippen LogP contribution is -2.40. The highest BCUT2D eigenvalue weighted by Gasteiger charge is 2.59. The molecule has 1 saturated carbocycles. The molecular weight excluding hydrogens is 264 g/mol. The van der Waals surface area contributed by atoms with E-state index in [1.165, 1.54) is 23.3 Å². The maximum Gasteiger partial charge on any atom is 0.234 e. The van der Waals surface area contributed by atoms with Crippen molar-refractivity contribution in [2.75, 3.05) is 13.6 Å². The third-order valence-electron chi connectivity index (χ3n) is 5.25. The topological polar surface area (TPSA) is 40.6 Å². The monoisotopic (exact) mass is 284 g/mol. The van der Waals surface area contributed by atoms with E-state index in [2.05, 4.69) is 17.0 Å². The molecule has 110 valence electrons. The van der Waals surface area contributed by atoms with Crippen molar-refractivity contribution >= 4 is 11.8 Å². The van der Waals surface area contributed by atoms with Gasteiger partial charge in [0.05, 0.1) is 11.8 Å². The predicted molar refractivity (Wildman–Crippen MR) is 78.1 cm³/mol. The van der Waals surface area contributed by atoms with Gasteiger partial charge in [0.1, 0.15) is 0 Å². The van der Waals surface area contributed by atoms with Crippen LogP contribution in [0.25, 0.3) is 0 Å². The van der Waals surface area contributed by atoms with Gasteiger partial charge in [-0.05, 0) is 24.3 Å². The molecule has 3 atom stereocenters. The fourth-order valence-corrected chi connectivity index (χ4v) is 4.10. The minimum Gasteiger partial charge on any atom is -0.294 e. The molecule has 21 heavy (non-hydrogen) atoms. The average molecular weight is 284 g/mol. The Hall–Kier alpha value is -1.68. The van der Waals surface area contributed by atoms with Gasteiger partial charge in [-0.3, -0.25) is 19.4 Å². The molecule has 2 heterocycles. The maximum atomic E-state index is 12.4. The predicted octanol–water partition coefficient (Wildman–Crippen LogP) is 1.51. The van der Waals surface area contributed by atoms with Crippen molar-refractivity contribution in [2.45, 2.75) is 25.4 Å². The van der Waals surface area contributed by atoms with E-state index < -0.39 is 0 Å². The Labute approximate surface area is 124 Å². The lowest BCUT2D eigenvalue weighted by molar-refractivity contribution is -0.139. The SMILES string of the molecule is CN1C(=O)C2CN(Cc3ccccc3)C(C3CC3)C2C1=O. The van der Waals surface area contributed by atoms with Crippen LogP contribution in [0, 0.1) is 17.8 Å². The van der Waals surface area contributed by atoms with E-state index in [0.717, 1.165) is 13.1 Å². The number of likely N-dealkylation sites (tertiary alicyclic amines) is 2. The number of amides is 2. The van der Waals surface area contributed by atoms with Gasteiger partial charge in [-0.1, -0.05) is 30.3 Å². The summed E-state index contributed by atoms with van der Waals surface area (Å²) in [5.74, 6) is 0.450. The fourth-order valence-electron chi connectivity index (χ4n) is 4.10. The molecule has 4 rings (SSSR count). The van der Waals surface area contributed by atoms with Crippen LogP contribution in [0.3, 0.4) is 0 Å². The summed E-state index contributed by atoms with van der Waals surface area (Å²) in [6.07, 6.45) is 2.40. The summed E-state index contributed by atoms with van der Waals surface area (Å²) in [6.45, 7) is 1.58. The highest BCUT2D eigenvalue weighted by atomic mass is 16.2. The summed E-state index contributed by atoms with van der Waals surface area (Å²) in [5, 5.41) is 0. The average Bonchev–Trinajstić information content (AvgIpc) is 3.24. The number of benzene rings is 1. The van der Waals surface area contributed by atoms with Crippen molar-refractivity contribution in [3.63, 3.8) is 0 Å². The first kappa shape index (κ1) is 13.0. The van der Waals surface area contributed by atoms with E-state index in [1.807, 2.05) is 18.2 Å². The first-order chi connectivity index (χ1) is 10.2. The van der Waals surface area contributed by atoms with Gasteiger partial charge in [-0.25, -0.2) is 0 Å². The molecule has 2 aliphatic heterocycles. The van der Waals surface area contributed by atoms with Crippen LogP contribution in [-0.4, -0.2) is 41.2 Å². The summed E-state index contributed by atoms with van der Waals surface area (Å²) in [6, 6.07) is 10.6. The molecule has 4 heteroatoms. The Morgan fingerprint density at radius 1 is 1.10 bits per heavy atom. The zero-order chi connectivity index (χ0) is 14.6. The van der Waals surface area contributed by atoms with E-state index >= 15 is 0 Å². The van der Waals surface area contributed by atoms with E-state index in [0.29, 0.717) is 5.92 Å². The molecule has 0 N–H and O–H groups in total. The Kier molecular flexibility index (Phi) is 2.89. The van der Waals surface area contributed by atoms with Crippen LogP contribution in [0.5, 0.6) is 0 Å². The van der Waals surface area contributed by atoms with E-state index in [-0.39, 0.29) is 29.7 Å². The van der Waals surface area contributed by atoms with Gasteiger partial charge in [0.2, 0.25) is 11.8 Å². The number of hydrogen-bond acceptors (Lipinski definition) is 3. The van der Waals surface area contributed by atoms with Crippen molar-refractivity contribution in [1.29, 1.82) is 0 Å². The van der Waals surface area contributed by atoms with Crippen molar-refractivity contribution in [3.8, 4) is 0 Å². The zero-order valence-electron chi connectivity index (χ0n) is 12.2. The maximum absolute atomic E-state index is 12.4. The minimum atomic E-state index is -0.114. The number of carbonyl (C=O) groups excluding carboxylic acids is 2. The van der Waals surface area contributed by atoms with Crippen molar-refractivity contribution in [2.24, 2.45) is 17.8 Å². The second-order valence-electron chi connectivity index (χ2n) is 6.61.